The molecule has 0 aliphatic heterocycles. The Balaban J connectivity index is 1.71. The number of carbonyl (C=O) groups is 1. The first-order valence-electron chi connectivity index (χ1n) is 7.17. The molecule has 0 unspecified atom stereocenters. The molecule has 0 saturated carbocycles. The number of non-ortho nitro benzene ring substituents is 1. The number of fused-ring (bicyclic) bond motifs is 1. The number of nitrogens with one attached hydrogen (secondary N) is 1. The number of amides is 1. The van der Waals surface area contributed by atoms with Gasteiger partial charge in [0.25, 0.3) is 11.2 Å². The van der Waals surface area contributed by atoms with E-state index in [2.05, 4.69) is 26.2 Å². The van der Waals surface area contributed by atoms with E-state index in [0.29, 0.717) is 25.5 Å². The number of thioether (sulfide) groups is 1. The van der Waals surface area contributed by atoms with E-state index in [9.17, 15) is 19.7 Å². The van der Waals surface area contributed by atoms with Crippen LogP contribution >= 0.6 is 39.0 Å². The molecule has 0 atom stereocenters. The van der Waals surface area contributed by atoms with Gasteiger partial charge in [0.2, 0.25) is 5.91 Å². The van der Waals surface area contributed by atoms with Crippen LogP contribution in [0, 0.1) is 10.1 Å². The maximum atomic E-state index is 12.2. The molecule has 26 heavy (non-hydrogen) atoms. The van der Waals surface area contributed by atoms with Gasteiger partial charge in [-0.15, -0.1) is 11.3 Å². The third-order valence-corrected chi connectivity index (χ3v) is 5.93. The van der Waals surface area contributed by atoms with Crippen LogP contribution < -0.4 is 10.9 Å². The average molecular weight is 455 g/mol. The first-order chi connectivity index (χ1) is 12.4. The fourth-order valence-electron chi connectivity index (χ4n) is 2.14. The molecule has 1 N–H and O–H groups in total. The van der Waals surface area contributed by atoms with E-state index in [1.165, 1.54) is 34.1 Å². The molecule has 0 saturated heterocycles. The molecule has 8 nitrogen and oxygen atoms in total. The van der Waals surface area contributed by atoms with E-state index in [0.717, 1.165) is 11.8 Å². The molecule has 2 heterocycles. The van der Waals surface area contributed by atoms with E-state index in [-0.39, 0.29) is 22.9 Å². The summed E-state index contributed by atoms with van der Waals surface area (Å²) >= 11 is 5.71. The summed E-state index contributed by atoms with van der Waals surface area (Å²) in [7, 11) is 1.61. The molecular weight excluding hydrogens is 444 g/mol. The summed E-state index contributed by atoms with van der Waals surface area (Å²) in [4.78, 5) is 39.7. The minimum atomic E-state index is -0.515. The van der Waals surface area contributed by atoms with Crippen molar-refractivity contribution in [2.75, 3.05) is 11.1 Å². The first-order valence-corrected chi connectivity index (χ1v) is 9.83. The van der Waals surface area contributed by atoms with E-state index >= 15 is 0 Å². The van der Waals surface area contributed by atoms with Crippen molar-refractivity contribution in [2.45, 2.75) is 5.16 Å². The van der Waals surface area contributed by atoms with Crippen LogP contribution in [-0.4, -0.2) is 26.1 Å². The highest BCUT2D eigenvalue weighted by Crippen LogP contribution is 2.27. The summed E-state index contributed by atoms with van der Waals surface area (Å²) in [6, 6.07) is 5.81. The Morgan fingerprint density at radius 2 is 2.23 bits per heavy atom. The number of halogens is 1. The molecule has 0 fully saturated rings. The zero-order valence-corrected chi connectivity index (χ0v) is 16.5. The van der Waals surface area contributed by atoms with Crippen LogP contribution in [-0.2, 0) is 11.8 Å². The monoisotopic (exact) mass is 454 g/mol. The lowest BCUT2D eigenvalue weighted by atomic mass is 10.3. The highest BCUT2D eigenvalue weighted by Gasteiger charge is 2.14. The summed E-state index contributed by atoms with van der Waals surface area (Å²) in [5.74, 6) is -0.272. The SMILES string of the molecule is Cn1c(SCC(=O)Nc2ccc([N+](=O)[O-])cc2Br)nc2sccc2c1=O. The van der Waals surface area contributed by atoms with Crippen molar-refractivity contribution in [3.63, 3.8) is 0 Å². The topological polar surface area (TPSA) is 107 Å². The van der Waals surface area contributed by atoms with Gasteiger partial charge in [0.15, 0.2) is 5.16 Å². The molecule has 11 heteroatoms. The van der Waals surface area contributed by atoms with Crippen molar-refractivity contribution in [3.8, 4) is 0 Å². The van der Waals surface area contributed by atoms with Crippen molar-refractivity contribution < 1.29 is 9.72 Å². The number of hydrogen-bond acceptors (Lipinski definition) is 7. The van der Waals surface area contributed by atoms with E-state index in [1.54, 1.807) is 18.5 Å². The van der Waals surface area contributed by atoms with Gasteiger partial charge in [-0.25, -0.2) is 4.98 Å². The minimum absolute atomic E-state index is 0.0423. The lowest BCUT2D eigenvalue weighted by Gasteiger charge is -2.09. The Hall–Kier alpha value is -2.24. The summed E-state index contributed by atoms with van der Waals surface area (Å²) in [5.41, 5.74) is 0.196. The summed E-state index contributed by atoms with van der Waals surface area (Å²) in [5, 5.41) is 16.2. The number of carbonyl (C=O) groups excluding carboxylic acids is 1. The fraction of sp³-hybridized carbons (Fsp3) is 0.133. The van der Waals surface area contributed by atoms with Gasteiger partial charge in [0, 0.05) is 23.7 Å². The average Bonchev–Trinajstić information content (AvgIpc) is 3.07. The van der Waals surface area contributed by atoms with Crippen LogP contribution in [0.3, 0.4) is 0 Å². The molecule has 0 spiro atoms. The van der Waals surface area contributed by atoms with Crippen LogP contribution in [0.2, 0.25) is 0 Å². The summed E-state index contributed by atoms with van der Waals surface area (Å²) in [6.45, 7) is 0. The Morgan fingerprint density at radius 3 is 2.92 bits per heavy atom. The van der Waals surface area contributed by atoms with Crippen molar-refractivity contribution in [1.82, 2.24) is 9.55 Å². The number of benzene rings is 1. The Labute approximate surface area is 163 Å². The largest absolute Gasteiger partial charge is 0.324 e. The van der Waals surface area contributed by atoms with E-state index in [1.807, 2.05) is 0 Å². The Bertz CT molecular complexity index is 1080. The number of nitro benzene ring substituents is 1. The quantitative estimate of drug-likeness (QED) is 0.274. The van der Waals surface area contributed by atoms with Gasteiger partial charge in [0.05, 0.1) is 21.7 Å². The van der Waals surface area contributed by atoms with Gasteiger partial charge < -0.3 is 5.32 Å². The molecule has 1 amide bonds. The van der Waals surface area contributed by atoms with Crippen LogP contribution in [0.5, 0.6) is 0 Å². The maximum Gasteiger partial charge on any atom is 0.270 e. The van der Waals surface area contributed by atoms with Crippen LogP contribution in [0.25, 0.3) is 10.2 Å². The Kier molecular flexibility index (Phi) is 5.39. The van der Waals surface area contributed by atoms with Crippen molar-refractivity contribution >= 4 is 66.5 Å². The number of rotatable bonds is 5. The van der Waals surface area contributed by atoms with Crippen molar-refractivity contribution in [3.05, 3.63) is 54.6 Å². The number of anilines is 1. The molecule has 0 bridgehead atoms. The summed E-state index contributed by atoms with van der Waals surface area (Å²) < 4.78 is 1.82. The molecule has 0 aliphatic carbocycles. The van der Waals surface area contributed by atoms with Crippen LogP contribution in [0.4, 0.5) is 11.4 Å². The van der Waals surface area contributed by atoms with Crippen LogP contribution in [0.1, 0.15) is 0 Å². The van der Waals surface area contributed by atoms with E-state index in [4.69, 9.17) is 0 Å². The molecule has 0 radical (unpaired) electrons. The first kappa shape index (κ1) is 18.5. The number of aromatic nitrogens is 2. The van der Waals surface area contributed by atoms with Gasteiger partial charge >= 0.3 is 0 Å². The van der Waals surface area contributed by atoms with Gasteiger partial charge in [-0.3, -0.25) is 24.3 Å². The van der Waals surface area contributed by atoms with E-state index < -0.39 is 4.92 Å². The zero-order valence-electron chi connectivity index (χ0n) is 13.3. The standard InChI is InChI=1S/C15H11BrN4O4S2/c1-19-14(22)9-4-5-25-13(9)18-15(19)26-7-12(21)17-11-3-2-8(20(23)24)6-10(11)16/h2-6H,7H2,1H3,(H,17,21). The highest BCUT2D eigenvalue weighted by molar-refractivity contribution is 9.10. The van der Waals surface area contributed by atoms with Crippen LogP contribution in [0.15, 0.2) is 44.1 Å². The molecule has 134 valence electrons. The highest BCUT2D eigenvalue weighted by atomic mass is 79.9. The molecule has 2 aromatic heterocycles. The van der Waals surface area contributed by atoms with Gasteiger partial charge in [-0.1, -0.05) is 11.8 Å². The lowest BCUT2D eigenvalue weighted by Crippen LogP contribution is -2.20. The second-order valence-corrected chi connectivity index (χ2v) is 7.85. The zero-order chi connectivity index (χ0) is 18.8. The third-order valence-electron chi connectivity index (χ3n) is 3.43. The smallest absolute Gasteiger partial charge is 0.270 e. The molecule has 0 aliphatic rings. The number of nitrogens with zero attached hydrogens (tertiary/aromatic N) is 3. The molecular formula is C15H11BrN4O4S2. The number of nitro groups is 1. The van der Waals surface area contributed by atoms with Gasteiger partial charge in [-0.2, -0.15) is 0 Å². The normalized spacial score (nSPS) is 10.8. The van der Waals surface area contributed by atoms with Gasteiger partial charge in [0.1, 0.15) is 4.83 Å². The predicted molar refractivity (Wildman–Crippen MR) is 105 cm³/mol. The third kappa shape index (κ3) is 3.79. The molecule has 3 rings (SSSR count). The van der Waals surface area contributed by atoms with Gasteiger partial charge in [-0.05, 0) is 33.4 Å². The summed E-state index contributed by atoms with van der Waals surface area (Å²) in [6.07, 6.45) is 0. The molecule has 1 aromatic carbocycles. The number of thiophene rings is 1. The fourth-order valence-corrected chi connectivity index (χ4v) is 4.19. The second-order valence-electron chi connectivity index (χ2n) is 5.16. The number of hydrogen-bond donors (Lipinski definition) is 1. The maximum absolute atomic E-state index is 12.2. The molecule has 3 aromatic rings. The van der Waals surface area contributed by atoms with Crippen molar-refractivity contribution in [1.29, 1.82) is 0 Å². The lowest BCUT2D eigenvalue weighted by molar-refractivity contribution is -0.384. The minimum Gasteiger partial charge on any atom is -0.324 e. The van der Waals surface area contributed by atoms with Crippen molar-refractivity contribution in [2.24, 2.45) is 7.05 Å². The Morgan fingerprint density at radius 1 is 1.46 bits per heavy atom. The predicted octanol–water partition coefficient (Wildman–Crippen LogP) is 3.40. The second kappa shape index (κ2) is 7.56.